The molecule has 0 spiro atoms. The average Bonchev–Trinajstić information content (AvgIpc) is 3.27. The van der Waals surface area contributed by atoms with Crippen LogP contribution in [0.4, 0.5) is 6.01 Å². The van der Waals surface area contributed by atoms with Crippen molar-refractivity contribution in [1.82, 2.24) is 10.1 Å². The highest BCUT2D eigenvalue weighted by molar-refractivity contribution is 6.30. The van der Waals surface area contributed by atoms with Gasteiger partial charge < -0.3 is 14.2 Å². The van der Waals surface area contributed by atoms with Gasteiger partial charge in [-0.2, -0.15) is 4.98 Å². The standard InChI is InChI=1S/C16H14ClN3O2/c17-10-3-1-2-9(6-10)15-18-16(22-19-15)20-7-11-12(8-20)14-5-4-13(11)21-14/h1-6,11-14H,7-8H2. The molecule has 0 N–H and O–H groups in total. The van der Waals surface area contributed by atoms with E-state index in [1.54, 1.807) is 0 Å². The molecule has 0 amide bonds. The van der Waals surface area contributed by atoms with E-state index in [4.69, 9.17) is 20.9 Å². The maximum Gasteiger partial charge on any atom is 0.324 e. The lowest BCUT2D eigenvalue weighted by molar-refractivity contribution is 0.100. The van der Waals surface area contributed by atoms with E-state index in [1.165, 1.54) is 0 Å². The fourth-order valence-corrected chi connectivity index (χ4v) is 3.96. The van der Waals surface area contributed by atoms with Gasteiger partial charge in [0.05, 0.1) is 12.2 Å². The molecule has 1 aromatic carbocycles. The lowest BCUT2D eigenvalue weighted by Crippen LogP contribution is -2.24. The van der Waals surface area contributed by atoms with Gasteiger partial charge in [-0.25, -0.2) is 0 Å². The van der Waals surface area contributed by atoms with E-state index in [9.17, 15) is 0 Å². The van der Waals surface area contributed by atoms with Crippen molar-refractivity contribution in [2.45, 2.75) is 12.2 Å². The van der Waals surface area contributed by atoms with E-state index in [0.29, 0.717) is 28.7 Å². The van der Waals surface area contributed by atoms with Crippen LogP contribution < -0.4 is 4.90 Å². The Labute approximate surface area is 132 Å². The molecule has 2 fully saturated rings. The maximum atomic E-state index is 6.01. The summed E-state index contributed by atoms with van der Waals surface area (Å²) < 4.78 is 11.4. The summed E-state index contributed by atoms with van der Waals surface area (Å²) in [5.41, 5.74) is 0.868. The van der Waals surface area contributed by atoms with E-state index in [0.717, 1.165) is 18.7 Å². The molecule has 4 unspecified atom stereocenters. The largest absolute Gasteiger partial charge is 0.366 e. The van der Waals surface area contributed by atoms with Crippen LogP contribution in [0.5, 0.6) is 0 Å². The molecule has 22 heavy (non-hydrogen) atoms. The predicted octanol–water partition coefficient (Wildman–Crippen LogP) is 2.78. The summed E-state index contributed by atoms with van der Waals surface area (Å²) in [5.74, 6) is 1.65. The van der Waals surface area contributed by atoms with Gasteiger partial charge in [0, 0.05) is 35.5 Å². The minimum absolute atomic E-state index is 0.260. The first-order chi connectivity index (χ1) is 10.8. The van der Waals surface area contributed by atoms with E-state index >= 15 is 0 Å². The van der Waals surface area contributed by atoms with Gasteiger partial charge in [-0.15, -0.1) is 0 Å². The molecule has 0 radical (unpaired) electrons. The van der Waals surface area contributed by atoms with Crippen LogP contribution in [0.25, 0.3) is 11.4 Å². The van der Waals surface area contributed by atoms with E-state index in [1.807, 2.05) is 24.3 Å². The predicted molar refractivity (Wildman–Crippen MR) is 81.7 cm³/mol. The Hall–Kier alpha value is -1.85. The molecular weight excluding hydrogens is 302 g/mol. The second kappa shape index (κ2) is 4.57. The van der Waals surface area contributed by atoms with Gasteiger partial charge in [0.15, 0.2) is 0 Å². The number of rotatable bonds is 2. The van der Waals surface area contributed by atoms with Crippen molar-refractivity contribution in [3.63, 3.8) is 0 Å². The molecule has 112 valence electrons. The lowest BCUT2D eigenvalue weighted by Gasteiger charge is -2.15. The molecule has 2 saturated heterocycles. The van der Waals surface area contributed by atoms with Crippen LogP contribution in [-0.4, -0.2) is 35.4 Å². The quantitative estimate of drug-likeness (QED) is 0.798. The van der Waals surface area contributed by atoms with Crippen LogP contribution in [0.1, 0.15) is 0 Å². The monoisotopic (exact) mass is 315 g/mol. The van der Waals surface area contributed by atoms with Gasteiger partial charge in [0.2, 0.25) is 5.82 Å². The zero-order chi connectivity index (χ0) is 14.7. The number of benzene rings is 1. The van der Waals surface area contributed by atoms with Crippen molar-refractivity contribution >= 4 is 17.6 Å². The molecule has 2 aromatic rings. The molecule has 3 aliphatic heterocycles. The summed E-state index contributed by atoms with van der Waals surface area (Å²) in [5, 5.41) is 4.75. The fraction of sp³-hybridized carbons (Fsp3) is 0.375. The molecule has 5 rings (SSSR count). The van der Waals surface area contributed by atoms with Gasteiger partial charge in [-0.1, -0.05) is 41.0 Å². The molecule has 4 atom stereocenters. The smallest absolute Gasteiger partial charge is 0.324 e. The van der Waals surface area contributed by atoms with Crippen LogP contribution in [-0.2, 0) is 4.74 Å². The van der Waals surface area contributed by atoms with E-state index in [-0.39, 0.29) is 12.2 Å². The third kappa shape index (κ3) is 1.82. The Morgan fingerprint density at radius 2 is 1.91 bits per heavy atom. The van der Waals surface area contributed by atoms with Crippen molar-refractivity contribution in [3.05, 3.63) is 41.4 Å². The summed E-state index contributed by atoms with van der Waals surface area (Å²) in [6.45, 7) is 1.82. The van der Waals surface area contributed by atoms with Crippen molar-refractivity contribution in [1.29, 1.82) is 0 Å². The summed E-state index contributed by atoms with van der Waals surface area (Å²) in [6, 6.07) is 8.07. The number of hydrogen-bond acceptors (Lipinski definition) is 5. The first-order valence-corrected chi connectivity index (χ1v) is 7.84. The third-order valence-corrected chi connectivity index (χ3v) is 5.06. The van der Waals surface area contributed by atoms with Gasteiger partial charge >= 0.3 is 6.01 Å². The van der Waals surface area contributed by atoms with E-state index < -0.39 is 0 Å². The highest BCUT2D eigenvalue weighted by Crippen LogP contribution is 2.44. The summed E-state index contributed by atoms with van der Waals surface area (Å²) in [4.78, 5) is 6.70. The second-order valence-electron chi connectivity index (χ2n) is 6.09. The summed E-state index contributed by atoms with van der Waals surface area (Å²) in [6.07, 6.45) is 4.88. The Kier molecular flexibility index (Phi) is 2.63. The van der Waals surface area contributed by atoms with Crippen LogP contribution in [0.15, 0.2) is 40.9 Å². The molecule has 2 bridgehead atoms. The minimum atomic E-state index is 0.260. The number of aromatic nitrogens is 2. The van der Waals surface area contributed by atoms with Crippen molar-refractivity contribution in [3.8, 4) is 11.4 Å². The molecule has 4 heterocycles. The maximum absolute atomic E-state index is 6.01. The second-order valence-corrected chi connectivity index (χ2v) is 6.53. The van der Waals surface area contributed by atoms with Crippen molar-refractivity contribution in [2.75, 3.05) is 18.0 Å². The van der Waals surface area contributed by atoms with Crippen LogP contribution in [0, 0.1) is 11.8 Å². The Morgan fingerprint density at radius 3 is 2.64 bits per heavy atom. The molecule has 3 aliphatic rings. The third-order valence-electron chi connectivity index (χ3n) is 4.83. The normalized spacial score (nSPS) is 32.0. The number of nitrogens with zero attached hydrogens (tertiary/aromatic N) is 3. The minimum Gasteiger partial charge on any atom is -0.366 e. The lowest BCUT2D eigenvalue weighted by atomic mass is 9.86. The van der Waals surface area contributed by atoms with Crippen LogP contribution in [0.3, 0.4) is 0 Å². The number of hydrogen-bond donors (Lipinski definition) is 0. The molecule has 6 heteroatoms. The molecule has 0 saturated carbocycles. The van der Waals surface area contributed by atoms with Gasteiger partial charge in [0.1, 0.15) is 0 Å². The molecule has 1 aromatic heterocycles. The highest BCUT2D eigenvalue weighted by Gasteiger charge is 2.51. The Morgan fingerprint density at radius 1 is 1.14 bits per heavy atom. The van der Waals surface area contributed by atoms with Gasteiger partial charge in [0.25, 0.3) is 0 Å². The topological polar surface area (TPSA) is 51.4 Å². The summed E-state index contributed by atoms with van der Waals surface area (Å²) >= 11 is 6.01. The molecular formula is C16H14ClN3O2. The van der Waals surface area contributed by atoms with Crippen molar-refractivity contribution < 1.29 is 9.26 Å². The van der Waals surface area contributed by atoms with Crippen LogP contribution in [0.2, 0.25) is 5.02 Å². The van der Waals surface area contributed by atoms with E-state index in [2.05, 4.69) is 27.2 Å². The van der Waals surface area contributed by atoms with Crippen molar-refractivity contribution in [2.24, 2.45) is 11.8 Å². The first-order valence-electron chi connectivity index (χ1n) is 7.46. The molecule has 5 nitrogen and oxygen atoms in total. The number of fused-ring (bicyclic) bond motifs is 5. The van der Waals surface area contributed by atoms with Gasteiger partial charge in [-0.3, -0.25) is 0 Å². The SMILES string of the molecule is Clc1cccc(-c2noc(N3CC4C5C=CC(O5)C4C3)n2)c1. The fourth-order valence-electron chi connectivity index (χ4n) is 3.77. The number of halogens is 1. The zero-order valence-corrected chi connectivity index (χ0v) is 12.5. The average molecular weight is 316 g/mol. The highest BCUT2D eigenvalue weighted by atomic mass is 35.5. The Balaban J connectivity index is 1.40. The number of ether oxygens (including phenoxy) is 1. The zero-order valence-electron chi connectivity index (χ0n) is 11.7. The Bertz CT molecular complexity index is 739. The first kappa shape index (κ1) is 12.7. The molecule has 0 aliphatic carbocycles. The number of anilines is 1. The van der Waals surface area contributed by atoms with Gasteiger partial charge in [-0.05, 0) is 12.1 Å². The van der Waals surface area contributed by atoms with Crippen LogP contribution >= 0.6 is 11.6 Å². The summed E-state index contributed by atoms with van der Waals surface area (Å²) in [7, 11) is 0.